The monoisotopic (exact) mass is 302 g/mol. The van der Waals surface area contributed by atoms with Crippen LogP contribution in [-0.4, -0.2) is 23.7 Å². The van der Waals surface area contributed by atoms with E-state index in [0.29, 0.717) is 0 Å². The Bertz CT molecular complexity index is 432. The molecule has 17 heavy (non-hydrogen) atoms. The van der Waals surface area contributed by atoms with Crippen molar-refractivity contribution in [3.05, 3.63) is 35.1 Å². The van der Waals surface area contributed by atoms with E-state index < -0.39 is 11.8 Å². The molecule has 1 aromatic rings. The first kappa shape index (κ1) is 13.8. The van der Waals surface area contributed by atoms with E-state index in [9.17, 15) is 14.0 Å². The van der Waals surface area contributed by atoms with Gasteiger partial charge in [-0.05, 0) is 19.1 Å². The highest BCUT2D eigenvalue weighted by Crippen LogP contribution is 2.16. The summed E-state index contributed by atoms with van der Waals surface area (Å²) in [5.41, 5.74) is 0.205. The molecule has 1 rings (SSSR count). The molecule has 0 aliphatic rings. The van der Waals surface area contributed by atoms with Crippen LogP contribution in [0.3, 0.4) is 0 Å². The molecule has 1 aromatic carbocycles. The molecule has 5 heteroatoms. The van der Waals surface area contributed by atoms with E-state index in [1.807, 2.05) is 0 Å². The molecule has 0 unspecified atom stereocenters. The van der Waals surface area contributed by atoms with Crippen LogP contribution in [0.5, 0.6) is 0 Å². The quantitative estimate of drug-likeness (QED) is 0.620. The van der Waals surface area contributed by atoms with E-state index in [1.54, 1.807) is 6.92 Å². The smallest absolute Gasteiger partial charge is 0.338 e. The maximum Gasteiger partial charge on any atom is 0.338 e. The fraction of sp³-hybridized carbons (Fsp3) is 0.333. The van der Waals surface area contributed by atoms with Crippen molar-refractivity contribution in [1.82, 2.24) is 0 Å². The van der Waals surface area contributed by atoms with Crippen molar-refractivity contribution in [3.8, 4) is 0 Å². The molecule has 0 aliphatic heterocycles. The predicted molar refractivity (Wildman–Crippen MR) is 64.9 cm³/mol. The second kappa shape index (κ2) is 6.49. The number of carbonyl (C=O) groups is 2. The van der Waals surface area contributed by atoms with Crippen molar-refractivity contribution in [3.63, 3.8) is 0 Å². The number of carbonyl (C=O) groups excluding carboxylic acids is 2. The second-order valence-electron chi connectivity index (χ2n) is 3.34. The van der Waals surface area contributed by atoms with Gasteiger partial charge in [0.25, 0.3) is 0 Å². The van der Waals surface area contributed by atoms with Gasteiger partial charge < -0.3 is 4.74 Å². The van der Waals surface area contributed by atoms with Crippen molar-refractivity contribution in [2.24, 2.45) is 0 Å². The van der Waals surface area contributed by atoms with Gasteiger partial charge in [-0.15, -0.1) is 0 Å². The summed E-state index contributed by atoms with van der Waals surface area (Å²) in [5, 5.41) is 0.129. The minimum absolute atomic E-state index is 0.0930. The van der Waals surface area contributed by atoms with Crippen molar-refractivity contribution in [2.45, 2.75) is 13.3 Å². The third kappa shape index (κ3) is 3.63. The molecule has 0 saturated carbocycles. The number of esters is 1. The summed E-state index contributed by atoms with van der Waals surface area (Å²) in [5.74, 6) is -1.37. The van der Waals surface area contributed by atoms with Crippen molar-refractivity contribution in [2.75, 3.05) is 11.9 Å². The molecule has 0 saturated heterocycles. The molecule has 0 aromatic heterocycles. The Kier molecular flexibility index (Phi) is 5.28. The molecule has 0 fully saturated rings. The lowest BCUT2D eigenvalue weighted by Gasteiger charge is -2.08. The number of ketones is 1. The minimum atomic E-state index is -0.607. The van der Waals surface area contributed by atoms with Gasteiger partial charge in [0.1, 0.15) is 11.6 Å². The molecular weight excluding hydrogens is 291 g/mol. The zero-order valence-corrected chi connectivity index (χ0v) is 10.9. The van der Waals surface area contributed by atoms with E-state index in [-0.39, 0.29) is 35.3 Å². The lowest BCUT2D eigenvalue weighted by Crippen LogP contribution is -2.13. The maximum atomic E-state index is 13.6. The number of halogens is 2. The number of ether oxygens (including phenoxy) is 1. The predicted octanol–water partition coefficient (Wildman–Crippen LogP) is 2.51. The van der Waals surface area contributed by atoms with Gasteiger partial charge in [0.2, 0.25) is 0 Å². The zero-order chi connectivity index (χ0) is 12.8. The highest BCUT2D eigenvalue weighted by Gasteiger charge is 2.17. The average Bonchev–Trinajstić information content (AvgIpc) is 2.31. The van der Waals surface area contributed by atoms with E-state index in [2.05, 4.69) is 15.9 Å². The third-order valence-electron chi connectivity index (χ3n) is 2.14. The van der Waals surface area contributed by atoms with Gasteiger partial charge in [-0.2, -0.15) is 0 Å². The summed E-state index contributed by atoms with van der Waals surface area (Å²) in [6, 6.07) is 4.10. The molecule has 0 heterocycles. The van der Waals surface area contributed by atoms with Gasteiger partial charge in [0.15, 0.2) is 0 Å². The SMILES string of the molecule is CCOC(=O)c1cccc(F)c1CC(=O)CBr. The number of alkyl halides is 1. The number of benzene rings is 1. The summed E-state index contributed by atoms with van der Waals surface area (Å²) >= 11 is 3.00. The zero-order valence-electron chi connectivity index (χ0n) is 9.33. The van der Waals surface area contributed by atoms with E-state index in [0.717, 1.165) is 0 Å². The molecule has 0 bridgehead atoms. The number of Topliss-reactive ketones (excluding diaryl/α,β-unsaturated/α-hetero) is 1. The van der Waals surface area contributed by atoms with Crippen molar-refractivity contribution in [1.29, 1.82) is 0 Å². The Balaban J connectivity index is 3.08. The fourth-order valence-electron chi connectivity index (χ4n) is 1.38. The normalized spacial score (nSPS) is 10.1. The molecule has 0 spiro atoms. The van der Waals surface area contributed by atoms with Crippen LogP contribution in [0.25, 0.3) is 0 Å². The van der Waals surface area contributed by atoms with Gasteiger partial charge in [-0.3, -0.25) is 4.79 Å². The molecule has 0 N–H and O–H groups in total. The van der Waals surface area contributed by atoms with Crippen molar-refractivity contribution < 1.29 is 18.7 Å². The summed E-state index contributed by atoms with van der Waals surface area (Å²) in [6.07, 6.45) is -0.119. The first-order valence-electron chi connectivity index (χ1n) is 5.12. The lowest BCUT2D eigenvalue weighted by molar-refractivity contribution is -0.115. The number of hydrogen-bond acceptors (Lipinski definition) is 3. The summed E-state index contributed by atoms with van der Waals surface area (Å²) < 4.78 is 18.4. The Morgan fingerprint density at radius 3 is 2.71 bits per heavy atom. The largest absolute Gasteiger partial charge is 0.462 e. The first-order chi connectivity index (χ1) is 8.10. The topological polar surface area (TPSA) is 43.4 Å². The summed E-state index contributed by atoms with van der Waals surface area (Å²) in [7, 11) is 0. The van der Waals surface area contributed by atoms with Crippen LogP contribution in [0.1, 0.15) is 22.8 Å². The maximum absolute atomic E-state index is 13.6. The number of hydrogen-bond donors (Lipinski definition) is 0. The Labute approximate surface area is 107 Å². The van der Waals surface area contributed by atoms with Gasteiger partial charge in [0, 0.05) is 12.0 Å². The molecular formula is C12H12BrFO3. The standard InChI is InChI=1S/C12H12BrFO3/c1-2-17-12(16)9-4-3-5-11(14)10(9)6-8(15)7-13/h3-5H,2,6-7H2,1H3. The average molecular weight is 303 g/mol. The molecule has 3 nitrogen and oxygen atoms in total. The van der Waals surface area contributed by atoms with Crippen LogP contribution in [0.4, 0.5) is 4.39 Å². The summed E-state index contributed by atoms with van der Waals surface area (Å²) in [6.45, 7) is 1.88. The van der Waals surface area contributed by atoms with E-state index >= 15 is 0 Å². The molecule has 0 radical (unpaired) electrons. The van der Waals surface area contributed by atoms with Crippen molar-refractivity contribution >= 4 is 27.7 Å². The molecule has 0 atom stereocenters. The Morgan fingerprint density at radius 1 is 1.41 bits per heavy atom. The molecule has 92 valence electrons. The minimum Gasteiger partial charge on any atom is -0.462 e. The fourth-order valence-corrected chi connectivity index (χ4v) is 1.58. The van der Waals surface area contributed by atoms with Gasteiger partial charge in [0.05, 0.1) is 17.5 Å². The van der Waals surface area contributed by atoms with E-state index in [4.69, 9.17) is 4.74 Å². The van der Waals surface area contributed by atoms with Crippen LogP contribution in [0, 0.1) is 5.82 Å². The highest BCUT2D eigenvalue weighted by molar-refractivity contribution is 9.09. The Morgan fingerprint density at radius 2 is 2.12 bits per heavy atom. The van der Waals surface area contributed by atoms with Gasteiger partial charge >= 0.3 is 5.97 Å². The third-order valence-corrected chi connectivity index (χ3v) is 2.76. The first-order valence-corrected chi connectivity index (χ1v) is 6.24. The van der Waals surface area contributed by atoms with Gasteiger partial charge in [-0.25, -0.2) is 9.18 Å². The highest BCUT2D eigenvalue weighted by atomic mass is 79.9. The van der Waals surface area contributed by atoms with E-state index in [1.165, 1.54) is 18.2 Å². The van der Waals surface area contributed by atoms with Gasteiger partial charge in [-0.1, -0.05) is 22.0 Å². The van der Waals surface area contributed by atoms with Crippen LogP contribution in [0.15, 0.2) is 18.2 Å². The van der Waals surface area contributed by atoms with Crippen LogP contribution in [-0.2, 0) is 16.0 Å². The van der Waals surface area contributed by atoms with Crippen LogP contribution >= 0.6 is 15.9 Å². The van der Waals surface area contributed by atoms with Crippen LogP contribution in [0.2, 0.25) is 0 Å². The summed E-state index contributed by atoms with van der Waals surface area (Å²) in [4.78, 5) is 22.9. The van der Waals surface area contributed by atoms with Crippen LogP contribution < -0.4 is 0 Å². The Hall–Kier alpha value is -1.23. The lowest BCUT2D eigenvalue weighted by atomic mass is 10.0. The second-order valence-corrected chi connectivity index (χ2v) is 3.90. The molecule has 0 amide bonds. The number of rotatable bonds is 5. The molecule has 0 aliphatic carbocycles.